The van der Waals surface area contributed by atoms with E-state index in [1.165, 1.54) is 0 Å². The second-order valence-corrected chi connectivity index (χ2v) is 8.66. The van der Waals surface area contributed by atoms with Gasteiger partial charge in [-0.2, -0.15) is 26.3 Å². The van der Waals surface area contributed by atoms with Crippen molar-refractivity contribution in [3.63, 3.8) is 0 Å². The number of halogens is 12. The molecular weight excluding hydrogens is 646 g/mol. The van der Waals surface area contributed by atoms with E-state index in [4.69, 9.17) is 10.5 Å². The summed E-state index contributed by atoms with van der Waals surface area (Å²) in [7, 11) is 0. The van der Waals surface area contributed by atoms with Crippen LogP contribution < -0.4 is 0 Å². The molecule has 1 saturated carbocycles. The number of hydrogen-bond acceptors (Lipinski definition) is 5. The molecule has 0 aliphatic heterocycles. The summed E-state index contributed by atoms with van der Waals surface area (Å²) in [4.78, 5) is 0. The summed E-state index contributed by atoms with van der Waals surface area (Å²) in [5.41, 5.74) is -18.9. The maximum atomic E-state index is 15.0. The highest BCUT2D eigenvalue weighted by molar-refractivity contribution is 6.12. The number of nitriles is 5. The maximum absolute atomic E-state index is 15.0. The van der Waals surface area contributed by atoms with Crippen LogP contribution in [0.15, 0.2) is 22.8 Å². The second-order valence-electron chi connectivity index (χ2n) is 8.66. The first kappa shape index (κ1) is 32.4. The number of allylic oxidation sites excluding steroid dienone is 6. The molecule has 3 aromatic rings. The summed E-state index contributed by atoms with van der Waals surface area (Å²) < 4.78 is 175. The van der Waals surface area contributed by atoms with Crippen LogP contribution in [0, 0.1) is 126 Å². The van der Waals surface area contributed by atoms with Crippen LogP contribution in [0.5, 0.6) is 0 Å². The molecule has 5 nitrogen and oxygen atoms in total. The molecule has 0 amide bonds. The van der Waals surface area contributed by atoms with E-state index in [0.717, 1.165) is 30.3 Å². The highest BCUT2D eigenvalue weighted by Crippen LogP contribution is 2.57. The van der Waals surface area contributed by atoms with Crippen molar-refractivity contribution in [3.05, 3.63) is 120 Å². The van der Waals surface area contributed by atoms with Crippen LogP contribution in [0.25, 0.3) is 16.7 Å². The molecule has 0 heterocycles. The summed E-state index contributed by atoms with van der Waals surface area (Å²) in [6, 6.07) is 4.18. The minimum absolute atomic E-state index is 0.338. The Morgan fingerprint density at radius 2 is 0.609 bits per heavy atom. The lowest BCUT2D eigenvalue weighted by Gasteiger charge is -2.08. The normalized spacial score (nSPS) is 15.2. The molecule has 1 aliphatic rings. The minimum Gasteiger partial charge on any atom is -0.204 e. The predicted molar refractivity (Wildman–Crippen MR) is 126 cm³/mol. The lowest BCUT2D eigenvalue weighted by Crippen LogP contribution is -2.06. The lowest BCUT2D eigenvalue weighted by atomic mass is 9.99. The first-order chi connectivity index (χ1) is 21.7. The molecule has 0 atom stereocenters. The molecule has 4 rings (SSSR count). The molecule has 0 N–H and O–H groups in total. The van der Waals surface area contributed by atoms with Crippen molar-refractivity contribution in [2.24, 2.45) is 0 Å². The summed E-state index contributed by atoms with van der Waals surface area (Å²) >= 11 is 0. The van der Waals surface area contributed by atoms with Crippen LogP contribution in [-0.4, -0.2) is 0 Å². The van der Waals surface area contributed by atoms with Gasteiger partial charge in [0.25, 0.3) is 0 Å². The Bertz CT molecular complexity index is 2080. The fourth-order valence-electron chi connectivity index (χ4n) is 4.34. The summed E-state index contributed by atoms with van der Waals surface area (Å²) in [5.74, 6) is -28.7. The molecule has 0 unspecified atom stereocenters. The molecule has 0 saturated heterocycles. The van der Waals surface area contributed by atoms with Crippen molar-refractivity contribution in [2.75, 3.05) is 0 Å². The zero-order valence-corrected chi connectivity index (χ0v) is 21.3. The van der Waals surface area contributed by atoms with Gasteiger partial charge in [0.2, 0.25) is 0 Å². The molecule has 0 spiro atoms. The molecular formula is C29HF12N5. The minimum atomic E-state index is -2.50. The largest absolute Gasteiger partial charge is 0.204 e. The van der Waals surface area contributed by atoms with Gasteiger partial charge in [-0.25, -0.2) is 52.7 Å². The molecule has 3 aromatic carbocycles. The molecule has 226 valence electrons. The van der Waals surface area contributed by atoms with Gasteiger partial charge in [0.1, 0.15) is 41.5 Å². The van der Waals surface area contributed by atoms with Crippen molar-refractivity contribution in [1.29, 1.82) is 26.3 Å². The van der Waals surface area contributed by atoms with Crippen LogP contribution in [0.3, 0.4) is 0 Å². The number of nitrogens with zero attached hydrogens (tertiary/aromatic N) is 5. The summed E-state index contributed by atoms with van der Waals surface area (Å²) in [6.45, 7) is 0. The third kappa shape index (κ3) is 4.49. The van der Waals surface area contributed by atoms with Crippen molar-refractivity contribution in [1.82, 2.24) is 0 Å². The topological polar surface area (TPSA) is 119 Å². The van der Waals surface area contributed by atoms with Gasteiger partial charge in [-0.1, -0.05) is 0 Å². The van der Waals surface area contributed by atoms with Crippen LogP contribution in [0.1, 0.15) is 27.8 Å². The molecule has 46 heavy (non-hydrogen) atoms. The number of hydrogen-bond donors (Lipinski definition) is 0. The van der Waals surface area contributed by atoms with Crippen LogP contribution in [0.2, 0.25) is 0 Å². The van der Waals surface area contributed by atoms with Gasteiger partial charge in [-0.15, -0.1) is 0 Å². The van der Waals surface area contributed by atoms with Gasteiger partial charge in [0, 0.05) is 22.8 Å². The van der Waals surface area contributed by atoms with Gasteiger partial charge in [-0.05, 0) is 0 Å². The standard InChI is InChI=1S/C29HF12N5/c30-12-1-13(31)25(37)17(24(12)36)7(2-42)14-15(8(3-43)18-26(38)20(32)10(5-45)21(33)27(18)39)16(14)9(4-44)19-28(40)22(34)11(6-46)23(35)29(19)41/h1H/b14-7-,15-8?,16-9-. The Kier molecular flexibility index (Phi) is 8.12. The predicted octanol–water partition coefficient (Wildman–Crippen LogP) is 7.34. The third-order valence-electron chi connectivity index (χ3n) is 6.39. The highest BCUT2D eigenvalue weighted by Gasteiger charge is 2.46. The van der Waals surface area contributed by atoms with Crippen molar-refractivity contribution in [3.8, 4) is 30.3 Å². The van der Waals surface area contributed by atoms with Gasteiger partial charge in [0.05, 0.1) is 33.4 Å². The Hall–Kier alpha value is -6.51. The quantitative estimate of drug-likeness (QED) is 0.167. The number of rotatable bonds is 3. The monoisotopic (exact) mass is 647 g/mol. The zero-order chi connectivity index (χ0) is 34.5. The van der Waals surface area contributed by atoms with Gasteiger partial charge in [-0.3, -0.25) is 0 Å². The van der Waals surface area contributed by atoms with E-state index in [0.29, 0.717) is 0 Å². The van der Waals surface area contributed by atoms with E-state index in [-0.39, 0.29) is 6.07 Å². The van der Waals surface area contributed by atoms with Gasteiger partial charge in [0.15, 0.2) is 69.8 Å². The van der Waals surface area contributed by atoms with Crippen molar-refractivity contribution < 1.29 is 52.7 Å². The molecule has 1 fully saturated rings. The fraction of sp³-hybridized carbons (Fsp3) is 0. The lowest BCUT2D eigenvalue weighted by molar-refractivity contribution is 0.446. The average Bonchev–Trinajstić information content (AvgIpc) is 3.74. The molecule has 0 bridgehead atoms. The Morgan fingerprint density at radius 1 is 0.370 bits per heavy atom. The molecule has 1 aliphatic carbocycles. The van der Waals surface area contributed by atoms with Crippen LogP contribution in [-0.2, 0) is 0 Å². The van der Waals surface area contributed by atoms with E-state index >= 15 is 0 Å². The van der Waals surface area contributed by atoms with Crippen molar-refractivity contribution >= 4 is 16.7 Å². The van der Waals surface area contributed by atoms with Crippen molar-refractivity contribution in [2.45, 2.75) is 0 Å². The zero-order valence-electron chi connectivity index (χ0n) is 21.3. The van der Waals surface area contributed by atoms with E-state index in [2.05, 4.69) is 0 Å². The van der Waals surface area contributed by atoms with E-state index in [9.17, 15) is 68.5 Å². The maximum Gasteiger partial charge on any atom is 0.180 e. The van der Waals surface area contributed by atoms with Crippen LogP contribution in [0.4, 0.5) is 52.7 Å². The molecule has 0 aromatic heterocycles. The van der Waals surface area contributed by atoms with E-state index < -0.39 is 131 Å². The fourth-order valence-corrected chi connectivity index (χ4v) is 4.34. The smallest absolute Gasteiger partial charge is 0.180 e. The van der Waals surface area contributed by atoms with E-state index in [1.807, 2.05) is 0 Å². The highest BCUT2D eigenvalue weighted by atomic mass is 19.2. The average molecular weight is 647 g/mol. The molecule has 17 heteroatoms. The second kappa shape index (κ2) is 11.5. The first-order valence-corrected chi connectivity index (χ1v) is 11.5. The SMILES string of the molecule is N#CC(=C1C(=C(\C#N)c2c(F)c(F)cc(F)c2F)/C1=C(\C#N)c1c(F)c(F)c(C#N)c(F)c1F)c1c(F)c(F)c(C#N)c(F)c1F. The van der Waals surface area contributed by atoms with E-state index in [1.54, 1.807) is 0 Å². The van der Waals surface area contributed by atoms with Crippen LogP contribution >= 0.6 is 0 Å². The summed E-state index contributed by atoms with van der Waals surface area (Å²) in [6.07, 6.45) is 0. The Labute approximate surface area is 246 Å². The summed E-state index contributed by atoms with van der Waals surface area (Å²) in [5, 5.41) is 46.9. The first-order valence-electron chi connectivity index (χ1n) is 11.5. The van der Waals surface area contributed by atoms with Gasteiger partial charge < -0.3 is 0 Å². The Balaban J connectivity index is 2.36. The number of benzene rings is 3. The third-order valence-corrected chi connectivity index (χ3v) is 6.39. The Morgan fingerprint density at radius 3 is 0.826 bits per heavy atom. The van der Waals surface area contributed by atoms with Gasteiger partial charge >= 0.3 is 0 Å². The molecule has 0 radical (unpaired) electrons.